The monoisotopic (exact) mass is 554 g/mol. The quantitative estimate of drug-likeness (QED) is 0.148. The molecule has 0 aliphatic heterocycles. The maximum Gasteiger partial charge on any atom is 0.343 e. The van der Waals surface area contributed by atoms with Gasteiger partial charge in [-0.05, 0) is 85.6 Å². The molecule has 1 amide bonds. The molecule has 3 aromatic carbocycles. The Morgan fingerprint density at radius 2 is 1.69 bits per heavy atom. The number of nitrogens with one attached hydrogen (secondary N) is 1. The number of carbonyl (C=O) groups excluding carboxylic acids is 2. The fourth-order valence-electron chi connectivity index (χ4n) is 2.95. The van der Waals surface area contributed by atoms with Crippen LogP contribution in [0.4, 0.5) is 0 Å². The predicted octanol–water partition coefficient (Wildman–Crippen LogP) is 5.38. The molecule has 0 spiro atoms. The molecule has 0 aliphatic rings. The van der Waals surface area contributed by atoms with Gasteiger partial charge >= 0.3 is 5.97 Å². The van der Waals surface area contributed by atoms with Gasteiger partial charge in [-0.15, -0.1) is 0 Å². The van der Waals surface area contributed by atoms with Gasteiger partial charge in [0.25, 0.3) is 5.91 Å². The highest BCUT2D eigenvalue weighted by Crippen LogP contribution is 2.28. The summed E-state index contributed by atoms with van der Waals surface area (Å²) in [6.45, 7) is 4.26. The first kappa shape index (κ1) is 26.7. The van der Waals surface area contributed by atoms with Crippen molar-refractivity contribution in [3.05, 3.63) is 82.3 Å². The third-order valence-electron chi connectivity index (χ3n) is 4.84. The lowest BCUT2D eigenvalue weighted by Crippen LogP contribution is -2.33. The molecule has 0 radical (unpaired) electrons. The lowest BCUT2D eigenvalue weighted by atomic mass is 10.2. The molecule has 36 heavy (non-hydrogen) atoms. The Hall–Kier alpha value is -3.85. The zero-order valence-corrected chi connectivity index (χ0v) is 21.8. The van der Waals surface area contributed by atoms with E-state index in [-0.39, 0.29) is 5.75 Å². The van der Waals surface area contributed by atoms with Gasteiger partial charge in [-0.25, -0.2) is 10.2 Å². The molecule has 0 fully saturated rings. The number of hydrazone groups is 1. The van der Waals surface area contributed by atoms with E-state index in [0.717, 1.165) is 10.9 Å². The van der Waals surface area contributed by atoms with E-state index in [1.807, 2.05) is 19.1 Å². The molecule has 0 aliphatic carbocycles. The first-order chi connectivity index (χ1) is 17.4. The van der Waals surface area contributed by atoms with Crippen LogP contribution in [-0.4, -0.2) is 37.9 Å². The Balaban J connectivity index is 1.57. The van der Waals surface area contributed by atoms with Gasteiger partial charge in [0.05, 0.1) is 25.5 Å². The largest absolute Gasteiger partial charge is 0.494 e. The number of amides is 1. The number of hydrogen-bond donors (Lipinski definition) is 1. The van der Waals surface area contributed by atoms with Crippen molar-refractivity contribution in [3.63, 3.8) is 0 Å². The van der Waals surface area contributed by atoms with Gasteiger partial charge in [-0.1, -0.05) is 22.9 Å². The summed E-state index contributed by atoms with van der Waals surface area (Å²) < 4.78 is 22.9. The number of carbonyl (C=O) groups is 2. The lowest BCUT2D eigenvalue weighted by Gasteiger charge is -2.13. The van der Waals surface area contributed by atoms with Gasteiger partial charge in [0, 0.05) is 4.47 Å². The van der Waals surface area contributed by atoms with Gasteiger partial charge in [0.1, 0.15) is 11.5 Å². The molecule has 0 saturated heterocycles. The van der Waals surface area contributed by atoms with Crippen molar-refractivity contribution in [3.8, 4) is 23.0 Å². The van der Waals surface area contributed by atoms with Crippen molar-refractivity contribution in [2.75, 3.05) is 13.7 Å². The van der Waals surface area contributed by atoms with Gasteiger partial charge in [0.2, 0.25) is 0 Å². The topological polar surface area (TPSA) is 95.5 Å². The molecule has 1 unspecified atom stereocenters. The number of ether oxygens (including phenoxy) is 4. The Morgan fingerprint density at radius 3 is 2.36 bits per heavy atom. The highest BCUT2D eigenvalue weighted by atomic mass is 79.9. The van der Waals surface area contributed by atoms with Crippen LogP contribution in [0, 0.1) is 0 Å². The Labute approximate surface area is 218 Å². The summed E-state index contributed by atoms with van der Waals surface area (Å²) in [6, 6.07) is 18.8. The average molecular weight is 555 g/mol. The maximum absolute atomic E-state index is 12.5. The second-order valence-corrected chi connectivity index (χ2v) is 8.54. The first-order valence-corrected chi connectivity index (χ1v) is 12.1. The number of halogens is 1. The first-order valence-electron chi connectivity index (χ1n) is 11.3. The predicted molar refractivity (Wildman–Crippen MR) is 140 cm³/mol. The number of methoxy groups -OCH3 is 1. The fourth-order valence-corrected chi connectivity index (χ4v) is 3.21. The van der Waals surface area contributed by atoms with E-state index in [0.29, 0.717) is 35.0 Å². The van der Waals surface area contributed by atoms with Crippen molar-refractivity contribution in [2.45, 2.75) is 26.4 Å². The van der Waals surface area contributed by atoms with Crippen LogP contribution in [0.2, 0.25) is 0 Å². The van der Waals surface area contributed by atoms with Crippen LogP contribution in [0.15, 0.2) is 76.3 Å². The SMILES string of the molecule is CCCOc1ccc(C(=O)Oc2ccc(/C=N/NC(=O)C(C)Oc3ccc(Br)cc3)cc2OC)cc1. The molecule has 3 rings (SSSR count). The molecule has 1 N–H and O–H groups in total. The van der Waals surface area contributed by atoms with Gasteiger partial charge < -0.3 is 18.9 Å². The third-order valence-corrected chi connectivity index (χ3v) is 5.37. The normalized spacial score (nSPS) is 11.6. The van der Waals surface area contributed by atoms with E-state index in [1.165, 1.54) is 13.3 Å². The highest BCUT2D eigenvalue weighted by molar-refractivity contribution is 9.10. The van der Waals surface area contributed by atoms with Crippen molar-refractivity contribution in [1.29, 1.82) is 0 Å². The summed E-state index contributed by atoms with van der Waals surface area (Å²) in [4.78, 5) is 24.8. The van der Waals surface area contributed by atoms with Gasteiger partial charge in [0.15, 0.2) is 17.6 Å². The standard InChI is InChI=1S/C27H27BrN2O6/c1-4-15-34-22-10-6-20(7-11-22)27(32)36-24-14-5-19(16-25(24)33-3)17-29-30-26(31)18(2)35-23-12-8-21(28)9-13-23/h5-14,16-18H,4,15H2,1-3H3,(H,30,31)/b29-17+. The second kappa shape index (κ2) is 13.3. The van der Waals surface area contributed by atoms with Gasteiger partial charge in [-0.2, -0.15) is 5.10 Å². The van der Waals surface area contributed by atoms with Crippen LogP contribution in [0.25, 0.3) is 0 Å². The minimum atomic E-state index is -0.744. The molecule has 9 heteroatoms. The molecule has 3 aromatic rings. The Kier molecular flexibility index (Phi) is 9.88. The van der Waals surface area contributed by atoms with E-state index in [1.54, 1.807) is 61.5 Å². The number of esters is 1. The van der Waals surface area contributed by atoms with Crippen molar-refractivity contribution >= 4 is 34.0 Å². The lowest BCUT2D eigenvalue weighted by molar-refractivity contribution is -0.127. The number of hydrogen-bond acceptors (Lipinski definition) is 7. The van der Waals surface area contributed by atoms with Crippen LogP contribution >= 0.6 is 15.9 Å². The van der Waals surface area contributed by atoms with Crippen molar-refractivity contribution in [2.24, 2.45) is 5.10 Å². The highest BCUT2D eigenvalue weighted by Gasteiger charge is 2.15. The van der Waals surface area contributed by atoms with Crippen LogP contribution in [-0.2, 0) is 4.79 Å². The molecule has 8 nitrogen and oxygen atoms in total. The summed E-state index contributed by atoms with van der Waals surface area (Å²) >= 11 is 3.35. The zero-order chi connectivity index (χ0) is 25.9. The average Bonchev–Trinajstić information content (AvgIpc) is 2.89. The van der Waals surface area contributed by atoms with E-state index < -0.39 is 18.0 Å². The molecule has 0 saturated carbocycles. The van der Waals surface area contributed by atoms with E-state index in [2.05, 4.69) is 26.5 Å². The Bertz CT molecular complexity index is 1200. The minimum Gasteiger partial charge on any atom is -0.494 e. The van der Waals surface area contributed by atoms with Crippen LogP contribution in [0.5, 0.6) is 23.0 Å². The van der Waals surface area contributed by atoms with E-state index in [9.17, 15) is 9.59 Å². The number of rotatable bonds is 11. The number of benzene rings is 3. The van der Waals surface area contributed by atoms with Crippen LogP contribution in [0.1, 0.15) is 36.2 Å². The molecule has 0 heterocycles. The van der Waals surface area contributed by atoms with Gasteiger partial charge in [-0.3, -0.25) is 4.79 Å². The third kappa shape index (κ3) is 7.84. The molecular formula is C27H27BrN2O6. The van der Waals surface area contributed by atoms with Crippen molar-refractivity contribution < 1.29 is 28.5 Å². The Morgan fingerprint density at radius 1 is 1.00 bits per heavy atom. The fraction of sp³-hybridized carbons (Fsp3) is 0.222. The summed E-state index contributed by atoms with van der Waals surface area (Å²) in [7, 11) is 1.47. The molecular weight excluding hydrogens is 528 g/mol. The maximum atomic E-state index is 12.5. The summed E-state index contributed by atoms with van der Waals surface area (Å²) in [5.74, 6) is 0.929. The second-order valence-electron chi connectivity index (χ2n) is 7.62. The van der Waals surface area contributed by atoms with Crippen molar-refractivity contribution in [1.82, 2.24) is 5.43 Å². The van der Waals surface area contributed by atoms with Crippen LogP contribution < -0.4 is 24.4 Å². The minimum absolute atomic E-state index is 0.256. The summed E-state index contributed by atoms with van der Waals surface area (Å²) in [6.07, 6.45) is 1.61. The number of nitrogens with zero attached hydrogens (tertiary/aromatic N) is 1. The van der Waals surface area contributed by atoms with E-state index in [4.69, 9.17) is 18.9 Å². The molecule has 0 bridgehead atoms. The molecule has 1 atom stereocenters. The smallest absolute Gasteiger partial charge is 0.343 e. The van der Waals surface area contributed by atoms with E-state index >= 15 is 0 Å². The van der Waals surface area contributed by atoms with Crippen LogP contribution in [0.3, 0.4) is 0 Å². The summed E-state index contributed by atoms with van der Waals surface area (Å²) in [5, 5.41) is 3.97. The molecule has 0 aromatic heterocycles. The summed E-state index contributed by atoms with van der Waals surface area (Å²) in [5.41, 5.74) is 3.46. The molecule has 188 valence electrons. The zero-order valence-electron chi connectivity index (χ0n) is 20.2.